The van der Waals surface area contributed by atoms with Gasteiger partial charge in [0.15, 0.2) is 29.8 Å². The topological polar surface area (TPSA) is 894 Å². The number of aromatic amines is 1. The van der Waals surface area contributed by atoms with Crippen LogP contribution in [0, 0.1) is 27.6 Å². The number of hydrogen-bond acceptors (Lipinski definition) is 26. The maximum Gasteiger partial charge on any atom is 0.312 e. The third-order valence-corrected chi connectivity index (χ3v) is 24.3. The number of nitrogens with two attached hydrogens (primary N) is 11. The average molecular weight is 1980 g/mol. The van der Waals surface area contributed by atoms with Crippen molar-refractivity contribution in [1.82, 2.24) is 95.4 Å². The molecule has 0 aliphatic carbocycles. The molecule has 50 nitrogen and oxygen atoms in total. The molecule has 0 bridgehead atoms. The van der Waals surface area contributed by atoms with E-state index in [9.17, 15) is 29.4 Å². The van der Waals surface area contributed by atoms with E-state index in [0.29, 0.717) is 46.9 Å². The Morgan fingerprint density at radius 1 is 0.453 bits per heavy atom. The summed E-state index contributed by atoms with van der Waals surface area (Å²) in [4.78, 5) is 215. The van der Waals surface area contributed by atoms with Crippen molar-refractivity contribution in [3.63, 3.8) is 0 Å². The van der Waals surface area contributed by atoms with E-state index in [1.165, 1.54) is 61.5 Å². The number of carbonyl (C=O) groups is 14. The first kappa shape index (κ1) is 115. The van der Waals surface area contributed by atoms with E-state index in [0.717, 1.165) is 21.6 Å². The molecule has 0 radical (unpaired) electrons. The molecule has 5 rings (SSSR count). The molecule has 2 heterocycles. The van der Waals surface area contributed by atoms with Gasteiger partial charge in [-0.15, -0.1) is 0 Å². The Bertz CT molecular complexity index is 4800. The normalized spacial score (nSPS) is 19.9. The number of nitrogens with zero attached hydrogens (tertiary/aromatic N) is 1. The van der Waals surface area contributed by atoms with Gasteiger partial charge in [-0.2, -0.15) is 0 Å². The summed E-state index contributed by atoms with van der Waals surface area (Å²) in [5, 5.41) is 98.4. The number of amides is 15. The van der Waals surface area contributed by atoms with Gasteiger partial charge in [-0.05, 0) is 176 Å². The van der Waals surface area contributed by atoms with Gasteiger partial charge in [0.05, 0.1) is 12.0 Å². The molecule has 766 valence electrons. The molecular weight excluding hydrogens is 1840 g/mol. The fourth-order valence-corrected chi connectivity index (χ4v) is 16.6. The predicted molar refractivity (Wildman–Crippen MR) is 528 cm³/mol. The summed E-state index contributed by atoms with van der Waals surface area (Å²) >= 11 is 0. The standard InChI is InChI=1S/C87H140N34O16S2/c1-48-24-29-52(14-4-6-34-88)110-72(127)59(18-5-7-35-89)113-73(128)61(21-11-39-106-85(98)99)116-78(133)65(43-50-27-32-54(123)33-28-50)118-81(136)68(121-79(134)66(44-51-45-109-57-17-3-2-15-55(51)57)119-75(130)60(20-10-38-105-84(96)97)112-71(126)56(90)16-8-36-103-82(92)93)47-139-138-46-67(80(135)111-58(69(91)124)19-9-37-104-83(94)95)120-76(131)63(23-13-41-108-87(102)137)114-74(129)62(22-12-40-107-86(100)101)115-77(132)64(117-70(48)125)42-49-25-30-53(122)31-26-49/h2-3,15,17,24-33,45,48,52,56,58-68,109,122-123H,4-14,16,18-23,34-44,46-47,88-90H2,1H3,(H2,91,124)(H,110,127)(H,111,135)(H,112,126)(H,113,128)(H,114,129)(H,115,132)(H,116,133)(H,117,125)(H,118,136)(H,119,130)(H,120,131)(H,121,134)(H4,92,93,103)(H4,94,95,104)(H4,96,97,105)(H4,98,99,106)(H4,100,101,107)(H3,102,108,137)/t48-,52+,56-,58-,59-,60-,61+,62+,63?,64-,65-,66-,67-,68-/m0/s1. The number of aromatic nitrogens is 1. The molecule has 46 N–H and O–H groups in total. The van der Waals surface area contributed by atoms with E-state index >= 15 is 47.9 Å². The van der Waals surface area contributed by atoms with Gasteiger partial charge in [-0.3, -0.25) is 89.0 Å². The Morgan fingerprint density at radius 2 is 0.892 bits per heavy atom. The molecule has 0 saturated carbocycles. The van der Waals surface area contributed by atoms with E-state index < -0.39 is 209 Å². The first-order chi connectivity index (χ1) is 66.2. The van der Waals surface area contributed by atoms with Gasteiger partial charge in [0.25, 0.3) is 0 Å². The minimum Gasteiger partial charge on any atom is -0.508 e. The molecular formula is C87H140N34O16S2. The number of nitrogens with one attached hydrogen (secondary N) is 22. The second kappa shape index (κ2) is 62.6. The Hall–Kier alpha value is -14.1. The summed E-state index contributed by atoms with van der Waals surface area (Å²) < 4.78 is 0. The molecule has 0 saturated heterocycles. The van der Waals surface area contributed by atoms with Crippen LogP contribution in [0.5, 0.6) is 11.5 Å². The Balaban J connectivity index is 1.83. The first-order valence-corrected chi connectivity index (χ1v) is 48.3. The Labute approximate surface area is 812 Å². The largest absolute Gasteiger partial charge is 0.508 e. The Kier molecular flexibility index (Phi) is 51.9. The van der Waals surface area contributed by atoms with Crippen LogP contribution >= 0.6 is 21.6 Å². The zero-order valence-electron chi connectivity index (χ0n) is 77.9. The van der Waals surface area contributed by atoms with Crippen molar-refractivity contribution < 1.29 is 77.3 Å². The molecule has 3 aromatic carbocycles. The highest BCUT2D eigenvalue weighted by Gasteiger charge is 2.38. The fraction of sp³-hybridized carbons (Fsp3) is 0.529. The third-order valence-electron chi connectivity index (χ3n) is 21.9. The summed E-state index contributed by atoms with van der Waals surface area (Å²) in [6.07, 6.45) is 4.49. The van der Waals surface area contributed by atoms with Gasteiger partial charge >= 0.3 is 6.03 Å². The zero-order chi connectivity index (χ0) is 102. The maximum absolute atomic E-state index is 16.0. The van der Waals surface area contributed by atoms with Crippen molar-refractivity contribution in [2.24, 2.45) is 74.0 Å². The zero-order valence-corrected chi connectivity index (χ0v) is 79.5. The summed E-state index contributed by atoms with van der Waals surface area (Å²) in [6, 6.07) is -2.89. The lowest BCUT2D eigenvalue weighted by Gasteiger charge is -2.28. The molecule has 1 aromatic heterocycles. The number of rotatable bonds is 47. The highest BCUT2D eigenvalue weighted by atomic mass is 33.1. The second-order valence-corrected chi connectivity index (χ2v) is 35.8. The van der Waals surface area contributed by atoms with Gasteiger partial charge in [-0.25, -0.2) is 4.79 Å². The molecule has 1 aliphatic rings. The lowest BCUT2D eigenvalue weighted by molar-refractivity contribution is -0.135. The van der Waals surface area contributed by atoms with Crippen molar-refractivity contribution in [1.29, 1.82) is 21.6 Å². The predicted octanol–water partition coefficient (Wildman–Crippen LogP) is -6.36. The quantitative estimate of drug-likeness (QED) is 0.00643. The number of phenols is 2. The molecule has 1 aliphatic heterocycles. The van der Waals surface area contributed by atoms with E-state index in [1.807, 2.05) is 0 Å². The number of carbonyl (C=O) groups excluding carboxylic acids is 14. The number of aliphatic imine (C=N–C) groups is 1. The first-order valence-electron chi connectivity index (χ1n) is 45.8. The summed E-state index contributed by atoms with van der Waals surface area (Å²) in [5.41, 5.74) is 64.9. The second-order valence-electron chi connectivity index (χ2n) is 33.2. The molecule has 139 heavy (non-hydrogen) atoms. The van der Waals surface area contributed by atoms with Crippen molar-refractivity contribution in [2.45, 2.75) is 220 Å². The molecule has 15 amide bonds. The maximum atomic E-state index is 16.0. The monoisotopic (exact) mass is 1980 g/mol. The number of hydrogen-bond donors (Lipinski definition) is 35. The van der Waals surface area contributed by atoms with Crippen LogP contribution in [0.15, 0.2) is 96.1 Å². The van der Waals surface area contributed by atoms with E-state index in [-0.39, 0.29) is 179 Å². The number of primary amides is 2. The van der Waals surface area contributed by atoms with Crippen molar-refractivity contribution in [2.75, 3.05) is 63.9 Å². The SMILES string of the molecule is C[C@H]1C=C[C@@H](CCCCN)NC(=O)[C@H](CCCCN)NC(=O)[C@@H](CCCNC(=N)N)NC(=O)[C@H](Cc2ccc(O)cc2)NC(=O)[C@@H](NC(=O)[C@H](Cc2c[nH]c3ccccc23)NC(=O)[C@H](CCCNC(=N)N)NC(=O)[C@@H](N)CCCN=C(N)N)CSSC[C@@H](C(=O)N[C@@H](CCCNC(=N)N)C(N)=O)NC(=O)C(CCCNC(N)=O)NC(=O)[C@@H](CCCNC(=N)N)NC(=O)[C@H](Cc2ccc(O)cc2)NC1=O. The van der Waals surface area contributed by atoms with Crippen LogP contribution in [-0.4, -0.2) is 270 Å². The lowest BCUT2D eigenvalue weighted by atomic mass is 10.0. The van der Waals surface area contributed by atoms with E-state index in [2.05, 4.69) is 100 Å². The number of phenolic OH excluding ortho intramolecular Hbond substituents is 2. The number of benzene rings is 3. The molecule has 4 aromatic rings. The molecule has 0 spiro atoms. The van der Waals surface area contributed by atoms with Crippen molar-refractivity contribution in [3.05, 3.63) is 108 Å². The number of para-hydroxylation sites is 1. The van der Waals surface area contributed by atoms with Gasteiger partial charge in [0.1, 0.15) is 78.0 Å². The van der Waals surface area contributed by atoms with Crippen molar-refractivity contribution >= 4 is 145 Å². The smallest absolute Gasteiger partial charge is 0.312 e. The van der Waals surface area contributed by atoms with Gasteiger partial charge in [-0.1, -0.05) is 83.1 Å². The minimum absolute atomic E-state index is 0.00136. The number of urea groups is 1. The summed E-state index contributed by atoms with van der Waals surface area (Å²) in [5.74, 6) is -17.1. The highest BCUT2D eigenvalue weighted by molar-refractivity contribution is 8.76. The van der Waals surface area contributed by atoms with Gasteiger partial charge < -0.3 is 169 Å². The number of fused-ring (bicyclic) bond motifs is 1. The summed E-state index contributed by atoms with van der Waals surface area (Å²) in [6.45, 7) is 1.80. The van der Waals surface area contributed by atoms with Gasteiger partial charge in [0, 0.05) is 93.2 Å². The van der Waals surface area contributed by atoms with Crippen LogP contribution in [-0.2, 0) is 81.6 Å². The Morgan fingerprint density at radius 3 is 1.39 bits per heavy atom. The van der Waals surface area contributed by atoms with Crippen LogP contribution in [0.3, 0.4) is 0 Å². The molecule has 1 unspecified atom stereocenters. The minimum atomic E-state index is -1.87. The van der Waals surface area contributed by atoms with E-state index in [4.69, 9.17) is 84.7 Å². The molecule has 14 atom stereocenters. The van der Waals surface area contributed by atoms with Crippen LogP contribution in [0.2, 0.25) is 0 Å². The molecule has 52 heteroatoms. The lowest BCUT2D eigenvalue weighted by Crippen LogP contribution is -2.61. The number of aromatic hydroxyl groups is 2. The van der Waals surface area contributed by atoms with Crippen LogP contribution in [0.1, 0.15) is 139 Å². The van der Waals surface area contributed by atoms with Crippen LogP contribution in [0.25, 0.3) is 10.9 Å². The number of H-pyrrole nitrogens is 1. The fourth-order valence-electron chi connectivity index (χ4n) is 14.3. The van der Waals surface area contributed by atoms with Crippen LogP contribution in [0.4, 0.5) is 4.79 Å². The number of unbranched alkanes of at least 4 members (excludes halogenated alkanes) is 2. The van der Waals surface area contributed by atoms with Crippen LogP contribution < -0.4 is 153 Å². The molecule has 0 fully saturated rings. The number of guanidine groups is 5. The third kappa shape index (κ3) is 45.1. The highest BCUT2D eigenvalue weighted by Crippen LogP contribution is 2.26. The van der Waals surface area contributed by atoms with Crippen molar-refractivity contribution in [3.8, 4) is 11.5 Å². The summed E-state index contributed by atoms with van der Waals surface area (Å²) in [7, 11) is 1.55. The van der Waals surface area contributed by atoms with E-state index in [1.54, 1.807) is 36.5 Å². The average Bonchev–Trinajstić information content (AvgIpc) is 1.68. The van der Waals surface area contributed by atoms with Gasteiger partial charge in [0.2, 0.25) is 76.8 Å².